The SMILES string of the molecule is CNc1ncc([N+](=O)[O-])c(Oc2ccccc2)n1. The van der Waals surface area contributed by atoms with E-state index in [1.54, 1.807) is 31.3 Å². The van der Waals surface area contributed by atoms with Gasteiger partial charge in [0.25, 0.3) is 0 Å². The standard InChI is InChI=1S/C11H10N4O3/c1-12-11-13-7-9(15(16)17)10(14-11)18-8-5-3-2-4-6-8/h2-7H,1H3,(H,12,13,14). The summed E-state index contributed by atoms with van der Waals surface area (Å²) in [5, 5.41) is 13.5. The Bertz CT molecular complexity index is 559. The first-order chi connectivity index (χ1) is 8.70. The number of para-hydroxylation sites is 1. The van der Waals surface area contributed by atoms with E-state index in [2.05, 4.69) is 15.3 Å². The number of nitrogens with one attached hydrogen (secondary N) is 1. The third kappa shape index (κ3) is 2.51. The molecule has 92 valence electrons. The van der Waals surface area contributed by atoms with Crippen molar-refractivity contribution in [2.45, 2.75) is 0 Å². The van der Waals surface area contributed by atoms with Gasteiger partial charge in [0, 0.05) is 7.05 Å². The number of hydrogen-bond donors (Lipinski definition) is 1. The van der Waals surface area contributed by atoms with Crippen LogP contribution in [0.4, 0.5) is 11.6 Å². The molecular weight excluding hydrogens is 236 g/mol. The van der Waals surface area contributed by atoms with Gasteiger partial charge in [0.05, 0.1) is 4.92 Å². The monoisotopic (exact) mass is 246 g/mol. The second kappa shape index (κ2) is 5.09. The predicted octanol–water partition coefficient (Wildman–Crippen LogP) is 2.22. The summed E-state index contributed by atoms with van der Waals surface area (Å²) in [6, 6.07) is 8.72. The Morgan fingerprint density at radius 3 is 2.67 bits per heavy atom. The van der Waals surface area contributed by atoms with Crippen LogP contribution in [0, 0.1) is 10.1 Å². The number of hydrogen-bond acceptors (Lipinski definition) is 6. The highest BCUT2D eigenvalue weighted by molar-refractivity contribution is 5.45. The number of benzene rings is 1. The fourth-order valence-corrected chi connectivity index (χ4v) is 1.28. The van der Waals surface area contributed by atoms with Crippen molar-refractivity contribution in [2.24, 2.45) is 0 Å². The van der Waals surface area contributed by atoms with Gasteiger partial charge in [-0.25, -0.2) is 4.98 Å². The zero-order valence-electron chi connectivity index (χ0n) is 9.53. The normalized spacial score (nSPS) is 9.83. The van der Waals surface area contributed by atoms with Gasteiger partial charge in [-0.2, -0.15) is 4.98 Å². The average Bonchev–Trinajstić information content (AvgIpc) is 2.39. The fraction of sp³-hybridized carbons (Fsp3) is 0.0909. The van der Waals surface area contributed by atoms with Crippen LogP contribution in [0.1, 0.15) is 0 Å². The molecule has 0 spiro atoms. The Kier molecular flexibility index (Phi) is 3.33. The van der Waals surface area contributed by atoms with Gasteiger partial charge >= 0.3 is 11.6 Å². The lowest BCUT2D eigenvalue weighted by molar-refractivity contribution is -0.386. The predicted molar refractivity (Wildman–Crippen MR) is 64.7 cm³/mol. The van der Waals surface area contributed by atoms with Gasteiger partial charge in [-0.3, -0.25) is 10.1 Å². The van der Waals surface area contributed by atoms with Crippen LogP contribution in [0.2, 0.25) is 0 Å². The first-order valence-corrected chi connectivity index (χ1v) is 5.13. The quantitative estimate of drug-likeness (QED) is 0.657. The van der Waals surface area contributed by atoms with Gasteiger partial charge in [0.15, 0.2) is 0 Å². The van der Waals surface area contributed by atoms with Crippen LogP contribution in [-0.4, -0.2) is 21.9 Å². The maximum atomic E-state index is 10.8. The molecule has 0 aliphatic heterocycles. The molecule has 0 aliphatic rings. The van der Waals surface area contributed by atoms with E-state index in [-0.39, 0.29) is 17.5 Å². The number of anilines is 1. The minimum Gasteiger partial charge on any atom is -0.434 e. The van der Waals surface area contributed by atoms with E-state index in [0.29, 0.717) is 5.75 Å². The molecule has 1 aromatic carbocycles. The Labute approximate surface area is 103 Å². The molecule has 0 radical (unpaired) electrons. The minimum absolute atomic E-state index is 0.0921. The third-order valence-electron chi connectivity index (χ3n) is 2.11. The topological polar surface area (TPSA) is 90.2 Å². The molecule has 7 nitrogen and oxygen atoms in total. The van der Waals surface area contributed by atoms with E-state index in [1.165, 1.54) is 0 Å². The van der Waals surface area contributed by atoms with Crippen LogP contribution >= 0.6 is 0 Å². The molecule has 2 rings (SSSR count). The van der Waals surface area contributed by atoms with Crippen molar-refractivity contribution in [2.75, 3.05) is 12.4 Å². The first kappa shape index (κ1) is 11.8. The summed E-state index contributed by atoms with van der Waals surface area (Å²) in [4.78, 5) is 17.9. The van der Waals surface area contributed by atoms with Crippen molar-refractivity contribution in [3.8, 4) is 11.6 Å². The molecule has 0 bridgehead atoms. The Morgan fingerprint density at radius 2 is 2.06 bits per heavy atom. The number of aromatic nitrogens is 2. The fourth-order valence-electron chi connectivity index (χ4n) is 1.28. The van der Waals surface area contributed by atoms with Gasteiger partial charge in [-0.15, -0.1) is 0 Å². The van der Waals surface area contributed by atoms with Crippen LogP contribution in [0.25, 0.3) is 0 Å². The molecule has 7 heteroatoms. The molecule has 0 aliphatic carbocycles. The minimum atomic E-state index is -0.586. The van der Waals surface area contributed by atoms with Crippen LogP contribution in [0.15, 0.2) is 36.5 Å². The zero-order valence-corrected chi connectivity index (χ0v) is 9.53. The highest BCUT2D eigenvalue weighted by atomic mass is 16.6. The Hall–Kier alpha value is -2.70. The Balaban J connectivity index is 2.38. The van der Waals surface area contributed by atoms with Crippen LogP contribution < -0.4 is 10.1 Å². The second-order valence-corrected chi connectivity index (χ2v) is 3.31. The summed E-state index contributed by atoms with van der Waals surface area (Å²) in [6.07, 6.45) is 1.11. The van der Waals surface area contributed by atoms with Gasteiger partial charge in [-0.1, -0.05) is 18.2 Å². The smallest absolute Gasteiger partial charge is 0.349 e. The molecule has 0 unspecified atom stereocenters. The molecule has 0 atom stereocenters. The summed E-state index contributed by atoms with van der Waals surface area (Å²) < 4.78 is 5.38. The number of nitrogens with zero attached hydrogens (tertiary/aromatic N) is 3. The van der Waals surface area contributed by atoms with E-state index in [4.69, 9.17) is 4.74 Å². The summed E-state index contributed by atoms with van der Waals surface area (Å²) in [5.41, 5.74) is -0.280. The summed E-state index contributed by atoms with van der Waals surface area (Å²) in [5.74, 6) is 0.637. The van der Waals surface area contributed by atoms with E-state index in [1.807, 2.05) is 6.07 Å². The maximum Gasteiger partial charge on any atom is 0.349 e. The molecule has 0 fully saturated rings. The third-order valence-corrected chi connectivity index (χ3v) is 2.11. The molecule has 0 saturated carbocycles. The average molecular weight is 246 g/mol. The van der Waals surface area contributed by atoms with Crippen molar-refractivity contribution in [1.29, 1.82) is 0 Å². The summed E-state index contributed by atoms with van der Waals surface area (Å²) in [6.45, 7) is 0. The van der Waals surface area contributed by atoms with E-state index >= 15 is 0 Å². The van der Waals surface area contributed by atoms with Gasteiger partial charge < -0.3 is 10.1 Å². The highest BCUT2D eigenvalue weighted by Crippen LogP contribution is 2.28. The van der Waals surface area contributed by atoms with Crippen molar-refractivity contribution in [1.82, 2.24) is 9.97 Å². The number of nitro groups is 1. The first-order valence-electron chi connectivity index (χ1n) is 5.13. The summed E-state index contributed by atoms with van der Waals surface area (Å²) in [7, 11) is 1.62. The molecule has 0 amide bonds. The largest absolute Gasteiger partial charge is 0.434 e. The van der Waals surface area contributed by atoms with E-state index in [9.17, 15) is 10.1 Å². The summed E-state index contributed by atoms with van der Waals surface area (Å²) >= 11 is 0. The van der Waals surface area contributed by atoms with Gasteiger partial charge in [-0.05, 0) is 12.1 Å². The van der Waals surface area contributed by atoms with Gasteiger partial charge in [0.2, 0.25) is 5.95 Å². The number of rotatable bonds is 4. The molecule has 18 heavy (non-hydrogen) atoms. The van der Waals surface area contributed by atoms with Crippen molar-refractivity contribution >= 4 is 11.6 Å². The molecular formula is C11H10N4O3. The molecule has 2 aromatic rings. The van der Waals surface area contributed by atoms with Crippen molar-refractivity contribution < 1.29 is 9.66 Å². The van der Waals surface area contributed by atoms with Crippen molar-refractivity contribution in [3.63, 3.8) is 0 Å². The van der Waals surface area contributed by atoms with Crippen LogP contribution in [0.3, 0.4) is 0 Å². The lowest BCUT2D eigenvalue weighted by Gasteiger charge is -2.06. The van der Waals surface area contributed by atoms with E-state index < -0.39 is 4.92 Å². The molecule has 1 aromatic heterocycles. The van der Waals surface area contributed by atoms with Crippen molar-refractivity contribution in [3.05, 3.63) is 46.6 Å². The van der Waals surface area contributed by atoms with Gasteiger partial charge in [0.1, 0.15) is 11.9 Å². The molecule has 1 heterocycles. The highest BCUT2D eigenvalue weighted by Gasteiger charge is 2.19. The molecule has 1 N–H and O–H groups in total. The second-order valence-electron chi connectivity index (χ2n) is 3.31. The van der Waals surface area contributed by atoms with Crippen LogP contribution in [-0.2, 0) is 0 Å². The maximum absolute atomic E-state index is 10.8. The molecule has 0 saturated heterocycles. The van der Waals surface area contributed by atoms with E-state index in [0.717, 1.165) is 6.20 Å². The Morgan fingerprint density at radius 1 is 1.33 bits per heavy atom. The van der Waals surface area contributed by atoms with Crippen LogP contribution in [0.5, 0.6) is 11.6 Å². The lowest BCUT2D eigenvalue weighted by atomic mass is 10.3. The lowest BCUT2D eigenvalue weighted by Crippen LogP contribution is -2.01. The number of ether oxygens (including phenoxy) is 1. The zero-order chi connectivity index (χ0) is 13.0.